The minimum absolute atomic E-state index is 0.431. The van der Waals surface area contributed by atoms with E-state index in [2.05, 4.69) is 43.5 Å². The summed E-state index contributed by atoms with van der Waals surface area (Å²) in [5.41, 5.74) is 5.92. The van der Waals surface area contributed by atoms with Gasteiger partial charge in [-0.05, 0) is 48.6 Å². The predicted octanol–water partition coefficient (Wildman–Crippen LogP) is 4.23. The van der Waals surface area contributed by atoms with E-state index in [0.717, 1.165) is 24.7 Å². The SMILES string of the molecule is CCCC1CCC(C(Cc2ccc(CC)cc2)NN)CC1. The van der Waals surface area contributed by atoms with Crippen molar-refractivity contribution in [3.63, 3.8) is 0 Å². The van der Waals surface area contributed by atoms with Crippen molar-refractivity contribution in [2.24, 2.45) is 17.7 Å². The van der Waals surface area contributed by atoms with Crippen molar-refractivity contribution in [3.05, 3.63) is 35.4 Å². The molecular weight excluding hydrogens is 256 g/mol. The van der Waals surface area contributed by atoms with Crippen molar-refractivity contribution < 1.29 is 0 Å². The van der Waals surface area contributed by atoms with Gasteiger partial charge in [0.05, 0.1) is 0 Å². The Morgan fingerprint density at radius 1 is 1.05 bits per heavy atom. The summed E-state index contributed by atoms with van der Waals surface area (Å²) in [5.74, 6) is 7.56. The monoisotopic (exact) mass is 288 g/mol. The van der Waals surface area contributed by atoms with Crippen LogP contribution in [0.2, 0.25) is 0 Å². The quantitative estimate of drug-likeness (QED) is 0.582. The molecule has 21 heavy (non-hydrogen) atoms. The summed E-state index contributed by atoms with van der Waals surface area (Å²) in [4.78, 5) is 0. The van der Waals surface area contributed by atoms with E-state index in [-0.39, 0.29) is 0 Å². The fraction of sp³-hybridized carbons (Fsp3) is 0.684. The molecule has 1 atom stereocenters. The molecule has 3 N–H and O–H groups in total. The molecule has 1 aliphatic rings. The van der Waals surface area contributed by atoms with Crippen LogP contribution in [-0.2, 0) is 12.8 Å². The highest BCUT2D eigenvalue weighted by molar-refractivity contribution is 5.23. The van der Waals surface area contributed by atoms with E-state index in [0.29, 0.717) is 6.04 Å². The Morgan fingerprint density at radius 3 is 2.19 bits per heavy atom. The second-order valence-electron chi connectivity index (χ2n) is 6.72. The van der Waals surface area contributed by atoms with Crippen LogP contribution in [0.1, 0.15) is 63.5 Å². The van der Waals surface area contributed by atoms with Crippen LogP contribution in [0.25, 0.3) is 0 Å². The van der Waals surface area contributed by atoms with E-state index in [1.807, 2.05) is 0 Å². The number of hydrazine groups is 1. The Kier molecular flexibility index (Phi) is 6.72. The Hall–Kier alpha value is -0.860. The molecular formula is C19H32N2. The van der Waals surface area contributed by atoms with Gasteiger partial charge in [0.2, 0.25) is 0 Å². The number of aryl methyl sites for hydroxylation is 1. The van der Waals surface area contributed by atoms with Gasteiger partial charge in [-0.3, -0.25) is 11.3 Å². The molecule has 0 saturated heterocycles. The largest absolute Gasteiger partial charge is 0.271 e. The lowest BCUT2D eigenvalue weighted by atomic mass is 9.76. The van der Waals surface area contributed by atoms with Crippen LogP contribution in [0.15, 0.2) is 24.3 Å². The van der Waals surface area contributed by atoms with E-state index >= 15 is 0 Å². The molecule has 0 bridgehead atoms. The molecule has 2 heteroatoms. The second kappa shape index (κ2) is 8.55. The van der Waals surface area contributed by atoms with Crippen LogP contribution in [0.4, 0.5) is 0 Å². The van der Waals surface area contributed by atoms with Crippen molar-refractivity contribution in [1.82, 2.24) is 5.43 Å². The van der Waals surface area contributed by atoms with Crippen LogP contribution < -0.4 is 11.3 Å². The maximum atomic E-state index is 5.85. The van der Waals surface area contributed by atoms with Gasteiger partial charge < -0.3 is 0 Å². The van der Waals surface area contributed by atoms with Gasteiger partial charge >= 0.3 is 0 Å². The smallest absolute Gasteiger partial charge is 0.0279 e. The van der Waals surface area contributed by atoms with Crippen molar-refractivity contribution in [2.45, 2.75) is 71.3 Å². The third-order valence-corrected chi connectivity index (χ3v) is 5.26. The highest BCUT2D eigenvalue weighted by atomic mass is 15.2. The van der Waals surface area contributed by atoms with Crippen molar-refractivity contribution in [2.75, 3.05) is 0 Å². The fourth-order valence-corrected chi connectivity index (χ4v) is 3.81. The van der Waals surface area contributed by atoms with Crippen molar-refractivity contribution in [1.29, 1.82) is 0 Å². The van der Waals surface area contributed by atoms with Gasteiger partial charge in [-0.1, -0.05) is 63.8 Å². The molecule has 0 spiro atoms. The summed E-state index contributed by atoms with van der Waals surface area (Å²) in [6, 6.07) is 9.47. The van der Waals surface area contributed by atoms with E-state index in [1.165, 1.54) is 49.7 Å². The maximum absolute atomic E-state index is 5.85. The maximum Gasteiger partial charge on any atom is 0.0279 e. The molecule has 0 aromatic heterocycles. The van der Waals surface area contributed by atoms with Crippen molar-refractivity contribution in [3.8, 4) is 0 Å². The number of nitrogens with two attached hydrogens (primary N) is 1. The van der Waals surface area contributed by atoms with Gasteiger partial charge in [0, 0.05) is 6.04 Å². The minimum atomic E-state index is 0.431. The number of rotatable bonds is 7. The summed E-state index contributed by atoms with van der Waals surface area (Å²) in [6.07, 6.45) is 10.4. The number of hydrogen-bond donors (Lipinski definition) is 2. The Labute approximate surface area is 130 Å². The van der Waals surface area contributed by atoms with E-state index < -0.39 is 0 Å². The average Bonchev–Trinajstić information content (AvgIpc) is 2.54. The van der Waals surface area contributed by atoms with E-state index in [9.17, 15) is 0 Å². The van der Waals surface area contributed by atoms with Crippen LogP contribution >= 0.6 is 0 Å². The summed E-state index contributed by atoms with van der Waals surface area (Å²) in [7, 11) is 0. The molecule has 0 amide bonds. The van der Waals surface area contributed by atoms with Crippen LogP contribution in [-0.4, -0.2) is 6.04 Å². The highest BCUT2D eigenvalue weighted by Gasteiger charge is 2.26. The Bertz CT molecular complexity index is 391. The summed E-state index contributed by atoms with van der Waals surface area (Å²) in [6.45, 7) is 4.50. The molecule has 2 nitrogen and oxygen atoms in total. The average molecular weight is 288 g/mol. The van der Waals surface area contributed by atoms with Crippen LogP contribution in [0.5, 0.6) is 0 Å². The molecule has 1 saturated carbocycles. The summed E-state index contributed by atoms with van der Waals surface area (Å²) in [5, 5.41) is 0. The Morgan fingerprint density at radius 2 is 1.67 bits per heavy atom. The topological polar surface area (TPSA) is 38.0 Å². The lowest BCUT2D eigenvalue weighted by Crippen LogP contribution is -2.43. The van der Waals surface area contributed by atoms with Gasteiger partial charge in [0.1, 0.15) is 0 Å². The van der Waals surface area contributed by atoms with Gasteiger partial charge in [-0.2, -0.15) is 0 Å². The van der Waals surface area contributed by atoms with Gasteiger partial charge in [0.15, 0.2) is 0 Å². The molecule has 0 heterocycles. The normalized spacial score (nSPS) is 24.0. The molecule has 2 rings (SSSR count). The second-order valence-corrected chi connectivity index (χ2v) is 6.72. The molecule has 0 aliphatic heterocycles. The third kappa shape index (κ3) is 4.82. The number of nitrogens with one attached hydrogen (secondary N) is 1. The molecule has 118 valence electrons. The lowest BCUT2D eigenvalue weighted by molar-refractivity contribution is 0.213. The number of benzene rings is 1. The molecule has 0 radical (unpaired) electrons. The first-order chi connectivity index (χ1) is 10.3. The van der Waals surface area contributed by atoms with Crippen LogP contribution in [0, 0.1) is 11.8 Å². The first-order valence-electron chi connectivity index (χ1n) is 8.80. The molecule has 1 aromatic rings. The predicted molar refractivity (Wildman–Crippen MR) is 91.0 cm³/mol. The zero-order chi connectivity index (χ0) is 15.1. The van der Waals surface area contributed by atoms with E-state index in [4.69, 9.17) is 5.84 Å². The first kappa shape index (κ1) is 16.5. The van der Waals surface area contributed by atoms with Crippen molar-refractivity contribution >= 4 is 0 Å². The molecule has 1 aliphatic carbocycles. The zero-order valence-corrected chi connectivity index (χ0v) is 13.8. The highest BCUT2D eigenvalue weighted by Crippen LogP contribution is 2.33. The fourth-order valence-electron chi connectivity index (χ4n) is 3.81. The summed E-state index contributed by atoms with van der Waals surface area (Å²) < 4.78 is 0. The molecule has 1 aromatic carbocycles. The summed E-state index contributed by atoms with van der Waals surface area (Å²) >= 11 is 0. The molecule has 1 fully saturated rings. The standard InChI is InChI=1S/C19H32N2/c1-3-5-16-10-12-18(13-11-16)19(21-20)14-17-8-6-15(4-2)7-9-17/h6-9,16,18-19,21H,3-5,10-14,20H2,1-2H3. The zero-order valence-electron chi connectivity index (χ0n) is 13.8. The Balaban J connectivity index is 1.87. The van der Waals surface area contributed by atoms with Gasteiger partial charge in [-0.25, -0.2) is 0 Å². The third-order valence-electron chi connectivity index (χ3n) is 5.26. The lowest BCUT2D eigenvalue weighted by Gasteiger charge is -2.33. The van der Waals surface area contributed by atoms with E-state index in [1.54, 1.807) is 0 Å². The van der Waals surface area contributed by atoms with Gasteiger partial charge in [-0.15, -0.1) is 0 Å². The van der Waals surface area contributed by atoms with Crippen LogP contribution in [0.3, 0.4) is 0 Å². The number of hydrogen-bond acceptors (Lipinski definition) is 2. The first-order valence-corrected chi connectivity index (χ1v) is 8.80. The minimum Gasteiger partial charge on any atom is -0.271 e. The molecule has 1 unspecified atom stereocenters. The van der Waals surface area contributed by atoms with Gasteiger partial charge in [0.25, 0.3) is 0 Å².